The van der Waals surface area contributed by atoms with Crippen LogP contribution in [0.5, 0.6) is 0 Å². The minimum absolute atomic E-state index is 0.0430. The van der Waals surface area contributed by atoms with Gasteiger partial charge < -0.3 is 15.4 Å². The van der Waals surface area contributed by atoms with Gasteiger partial charge in [-0.05, 0) is 24.6 Å². The third-order valence-corrected chi connectivity index (χ3v) is 3.58. The maximum absolute atomic E-state index is 12.3. The molecule has 1 fully saturated rings. The predicted molar refractivity (Wildman–Crippen MR) is 79.7 cm³/mol. The normalized spacial score (nSPS) is 17.7. The predicted octanol–water partition coefficient (Wildman–Crippen LogP) is 1.07. The van der Waals surface area contributed by atoms with E-state index in [-0.39, 0.29) is 11.9 Å². The fourth-order valence-electron chi connectivity index (χ4n) is 2.39. The summed E-state index contributed by atoms with van der Waals surface area (Å²) >= 11 is 0. The molecule has 2 rings (SSSR count). The minimum Gasteiger partial charge on any atom is -0.380 e. The number of nitrogens with zero attached hydrogens (tertiary/aromatic N) is 1. The van der Waals surface area contributed by atoms with Crippen molar-refractivity contribution < 1.29 is 9.53 Å². The molecular weight excluding hydrogens is 254 g/mol. The highest BCUT2D eigenvalue weighted by Crippen LogP contribution is 2.13. The summed E-state index contributed by atoms with van der Waals surface area (Å²) in [6.07, 6.45) is 0. The Hall–Kier alpha value is -1.43. The number of benzene rings is 1. The summed E-state index contributed by atoms with van der Waals surface area (Å²) in [5, 5.41) is 6.27. The molecule has 5 heteroatoms. The van der Waals surface area contributed by atoms with Crippen LogP contribution in [0, 0.1) is 0 Å². The van der Waals surface area contributed by atoms with E-state index in [1.165, 1.54) is 0 Å². The van der Waals surface area contributed by atoms with E-state index in [1.54, 1.807) is 7.11 Å². The van der Waals surface area contributed by atoms with Gasteiger partial charge in [0.2, 0.25) is 5.91 Å². The van der Waals surface area contributed by atoms with Crippen LogP contribution in [0.4, 0.5) is 5.69 Å². The van der Waals surface area contributed by atoms with Gasteiger partial charge >= 0.3 is 0 Å². The zero-order valence-electron chi connectivity index (χ0n) is 12.2. The van der Waals surface area contributed by atoms with Crippen molar-refractivity contribution in [2.45, 2.75) is 19.6 Å². The van der Waals surface area contributed by atoms with Crippen LogP contribution in [0.15, 0.2) is 24.3 Å². The Morgan fingerprint density at radius 3 is 2.90 bits per heavy atom. The molecule has 110 valence electrons. The number of rotatable bonds is 5. The molecule has 0 aromatic heterocycles. The van der Waals surface area contributed by atoms with Gasteiger partial charge in [0, 0.05) is 39.0 Å². The van der Waals surface area contributed by atoms with E-state index >= 15 is 0 Å². The fraction of sp³-hybridized carbons (Fsp3) is 0.533. The molecule has 0 radical (unpaired) electrons. The summed E-state index contributed by atoms with van der Waals surface area (Å²) in [7, 11) is 1.66. The third kappa shape index (κ3) is 4.03. The second-order valence-corrected chi connectivity index (χ2v) is 5.08. The second kappa shape index (κ2) is 7.38. The van der Waals surface area contributed by atoms with Gasteiger partial charge in [-0.3, -0.25) is 9.69 Å². The molecule has 1 amide bonds. The first-order valence-electron chi connectivity index (χ1n) is 7.04. The molecule has 0 bridgehead atoms. The first-order chi connectivity index (χ1) is 9.70. The fourth-order valence-corrected chi connectivity index (χ4v) is 2.39. The summed E-state index contributed by atoms with van der Waals surface area (Å²) in [4.78, 5) is 14.5. The molecule has 1 unspecified atom stereocenters. The Kier molecular flexibility index (Phi) is 5.52. The van der Waals surface area contributed by atoms with Crippen molar-refractivity contribution in [3.05, 3.63) is 29.8 Å². The monoisotopic (exact) mass is 277 g/mol. The maximum atomic E-state index is 12.3. The first kappa shape index (κ1) is 15.0. The number of piperazine rings is 1. The van der Waals surface area contributed by atoms with Crippen molar-refractivity contribution in [3.8, 4) is 0 Å². The number of carbonyl (C=O) groups is 1. The Morgan fingerprint density at radius 1 is 1.45 bits per heavy atom. The van der Waals surface area contributed by atoms with Crippen LogP contribution in [0.3, 0.4) is 0 Å². The third-order valence-electron chi connectivity index (χ3n) is 3.58. The van der Waals surface area contributed by atoms with Crippen LogP contribution < -0.4 is 10.6 Å². The molecule has 0 spiro atoms. The van der Waals surface area contributed by atoms with Crippen LogP contribution in [-0.4, -0.2) is 50.1 Å². The number of ether oxygens (including phenoxy) is 1. The van der Waals surface area contributed by atoms with Gasteiger partial charge in [-0.15, -0.1) is 0 Å². The molecule has 5 nitrogen and oxygen atoms in total. The molecule has 1 saturated heterocycles. The Morgan fingerprint density at radius 2 is 2.20 bits per heavy atom. The van der Waals surface area contributed by atoms with E-state index in [1.807, 2.05) is 31.2 Å². The lowest BCUT2D eigenvalue weighted by Crippen LogP contribution is -2.51. The molecule has 20 heavy (non-hydrogen) atoms. The molecule has 1 atom stereocenters. The quantitative estimate of drug-likeness (QED) is 0.845. The molecule has 0 saturated carbocycles. The molecule has 1 heterocycles. The summed E-state index contributed by atoms with van der Waals surface area (Å²) in [5.41, 5.74) is 1.88. The van der Waals surface area contributed by atoms with Gasteiger partial charge in [0.1, 0.15) is 0 Å². The van der Waals surface area contributed by atoms with Crippen LogP contribution >= 0.6 is 0 Å². The van der Waals surface area contributed by atoms with Crippen molar-refractivity contribution in [2.75, 3.05) is 38.6 Å². The smallest absolute Gasteiger partial charge is 0.241 e. The van der Waals surface area contributed by atoms with E-state index in [2.05, 4.69) is 15.5 Å². The average molecular weight is 277 g/mol. The molecular formula is C15H23N3O2. The molecule has 1 aliphatic rings. The highest BCUT2D eigenvalue weighted by Gasteiger charge is 2.22. The van der Waals surface area contributed by atoms with Gasteiger partial charge in [-0.1, -0.05) is 12.1 Å². The lowest BCUT2D eigenvalue weighted by molar-refractivity contribution is -0.120. The standard InChI is InChI=1S/C15H23N3O2/c1-12(18-8-6-16-7-9-18)15(19)17-14-5-3-4-13(10-14)11-20-2/h3-5,10,12,16H,6-9,11H2,1-2H3,(H,17,19). The number of carbonyl (C=O) groups excluding carboxylic acids is 1. The zero-order valence-corrected chi connectivity index (χ0v) is 12.2. The van der Waals surface area contributed by atoms with Gasteiger partial charge in [-0.25, -0.2) is 0 Å². The minimum atomic E-state index is -0.108. The van der Waals surface area contributed by atoms with Crippen LogP contribution in [-0.2, 0) is 16.1 Å². The van der Waals surface area contributed by atoms with Gasteiger partial charge in [-0.2, -0.15) is 0 Å². The van der Waals surface area contributed by atoms with Crippen molar-refractivity contribution in [3.63, 3.8) is 0 Å². The maximum Gasteiger partial charge on any atom is 0.241 e. The Labute approximate surface area is 120 Å². The van der Waals surface area contributed by atoms with Gasteiger partial charge in [0.05, 0.1) is 12.6 Å². The van der Waals surface area contributed by atoms with Gasteiger partial charge in [0.15, 0.2) is 0 Å². The van der Waals surface area contributed by atoms with Crippen molar-refractivity contribution in [1.82, 2.24) is 10.2 Å². The average Bonchev–Trinajstić information content (AvgIpc) is 2.48. The summed E-state index contributed by atoms with van der Waals surface area (Å²) in [6.45, 7) is 6.23. The highest BCUT2D eigenvalue weighted by atomic mass is 16.5. The van der Waals surface area contributed by atoms with Crippen molar-refractivity contribution in [1.29, 1.82) is 0 Å². The largest absolute Gasteiger partial charge is 0.380 e. The summed E-state index contributed by atoms with van der Waals surface area (Å²) in [5.74, 6) is 0.0430. The number of methoxy groups -OCH3 is 1. The summed E-state index contributed by atoms with van der Waals surface area (Å²) in [6, 6.07) is 7.66. The number of amides is 1. The first-order valence-corrected chi connectivity index (χ1v) is 7.04. The van der Waals surface area contributed by atoms with Crippen LogP contribution in [0.2, 0.25) is 0 Å². The van der Waals surface area contributed by atoms with Gasteiger partial charge in [0.25, 0.3) is 0 Å². The van der Waals surface area contributed by atoms with Crippen LogP contribution in [0.25, 0.3) is 0 Å². The Bertz CT molecular complexity index is 444. The molecule has 1 aromatic rings. The molecule has 0 aliphatic carbocycles. The topological polar surface area (TPSA) is 53.6 Å². The molecule has 1 aromatic carbocycles. The van der Waals surface area contributed by atoms with E-state index in [0.29, 0.717) is 6.61 Å². The molecule has 2 N–H and O–H groups in total. The van der Waals surface area contributed by atoms with Crippen LogP contribution in [0.1, 0.15) is 12.5 Å². The number of hydrogen-bond acceptors (Lipinski definition) is 4. The van der Waals surface area contributed by atoms with Crippen molar-refractivity contribution in [2.24, 2.45) is 0 Å². The number of hydrogen-bond donors (Lipinski definition) is 2. The van der Waals surface area contributed by atoms with Crippen molar-refractivity contribution >= 4 is 11.6 Å². The Balaban J connectivity index is 1.94. The summed E-state index contributed by atoms with van der Waals surface area (Å²) < 4.78 is 5.10. The lowest BCUT2D eigenvalue weighted by atomic mass is 10.2. The second-order valence-electron chi connectivity index (χ2n) is 5.08. The van der Waals surface area contributed by atoms with E-state index < -0.39 is 0 Å². The zero-order chi connectivity index (χ0) is 14.4. The number of anilines is 1. The highest BCUT2D eigenvalue weighted by molar-refractivity contribution is 5.94. The van der Waals surface area contributed by atoms with E-state index in [9.17, 15) is 4.79 Å². The van der Waals surface area contributed by atoms with E-state index in [4.69, 9.17) is 4.74 Å². The SMILES string of the molecule is COCc1cccc(NC(=O)C(C)N2CCNCC2)c1. The molecule has 1 aliphatic heterocycles. The van der Waals surface area contributed by atoms with E-state index in [0.717, 1.165) is 37.4 Å². The number of nitrogens with one attached hydrogen (secondary N) is 2. The lowest BCUT2D eigenvalue weighted by Gasteiger charge is -2.31.